The third kappa shape index (κ3) is 7.76. The standard InChI is InChI=1S/C73H62N2/c1-7-21-51(22-8-1)53-35-40-60(41-36-53)74(58-29-15-5-16-30-58)62-44-47-64-55(49-62)39-46-68-70-66-34-20-19-33-65(66)69-50-63(75(59-31-17-6-18-32-59)61-42-37-54(38-43-61)52-23-9-2-10-24-52)45-48-67(69)72(70)73(71(64)68,56-25-11-3-12-26-56)57-27-13-4-14-28-57/h3-6,11-20,25-52H,1-2,7-10,21-24H2. The zero-order valence-corrected chi connectivity index (χ0v) is 42.7. The minimum absolute atomic E-state index is 0.653. The molecule has 0 amide bonds. The number of benzene rings is 11. The van der Waals surface area contributed by atoms with Gasteiger partial charge in [0.25, 0.3) is 0 Å². The summed E-state index contributed by atoms with van der Waals surface area (Å²) in [6.07, 6.45) is 13.2. The van der Waals surface area contributed by atoms with Crippen LogP contribution in [0.3, 0.4) is 0 Å². The van der Waals surface area contributed by atoms with Crippen LogP contribution in [-0.2, 0) is 5.41 Å². The van der Waals surface area contributed by atoms with Crippen molar-refractivity contribution in [1.29, 1.82) is 0 Å². The molecule has 11 aromatic rings. The molecule has 14 rings (SSSR count). The van der Waals surface area contributed by atoms with Gasteiger partial charge in [-0.15, -0.1) is 0 Å². The van der Waals surface area contributed by atoms with Crippen molar-refractivity contribution >= 4 is 66.4 Å². The van der Waals surface area contributed by atoms with Gasteiger partial charge in [-0.1, -0.05) is 208 Å². The maximum absolute atomic E-state index is 2.48. The molecule has 0 bridgehead atoms. The van der Waals surface area contributed by atoms with Gasteiger partial charge in [0.1, 0.15) is 0 Å². The molecule has 0 heterocycles. The van der Waals surface area contributed by atoms with Gasteiger partial charge < -0.3 is 9.80 Å². The maximum atomic E-state index is 2.48. The van der Waals surface area contributed by atoms with E-state index in [1.807, 2.05) is 0 Å². The summed E-state index contributed by atoms with van der Waals surface area (Å²) in [5.41, 5.74) is 17.1. The molecule has 0 saturated heterocycles. The quantitative estimate of drug-likeness (QED) is 0.126. The highest BCUT2D eigenvalue weighted by Gasteiger charge is 2.49. The van der Waals surface area contributed by atoms with Crippen molar-refractivity contribution in [3.05, 3.63) is 276 Å². The molecule has 0 N–H and O–H groups in total. The van der Waals surface area contributed by atoms with Gasteiger partial charge in [-0.05, 0) is 187 Å². The average Bonchev–Trinajstić information content (AvgIpc) is 3.82. The Kier molecular flexibility index (Phi) is 11.7. The van der Waals surface area contributed by atoms with Crippen molar-refractivity contribution in [3.8, 4) is 11.1 Å². The van der Waals surface area contributed by atoms with Gasteiger partial charge in [-0.3, -0.25) is 0 Å². The third-order valence-corrected chi connectivity index (χ3v) is 17.4. The fraction of sp³-hybridized carbons (Fsp3) is 0.178. The third-order valence-electron chi connectivity index (χ3n) is 17.4. The predicted molar refractivity (Wildman–Crippen MR) is 317 cm³/mol. The molecule has 75 heavy (non-hydrogen) atoms. The molecule has 0 aromatic heterocycles. The Balaban J connectivity index is 0.988. The average molecular weight is 967 g/mol. The van der Waals surface area contributed by atoms with E-state index in [-0.39, 0.29) is 0 Å². The molecule has 2 nitrogen and oxygen atoms in total. The summed E-state index contributed by atoms with van der Waals surface area (Å²) in [5.74, 6) is 1.32. The Morgan fingerprint density at radius 3 is 1.24 bits per heavy atom. The van der Waals surface area contributed by atoms with E-state index in [2.05, 4.69) is 252 Å². The molecule has 3 aliphatic rings. The van der Waals surface area contributed by atoms with Gasteiger partial charge in [-0.25, -0.2) is 0 Å². The van der Waals surface area contributed by atoms with Crippen LogP contribution in [0, 0.1) is 0 Å². The molecule has 0 aliphatic heterocycles. The first kappa shape index (κ1) is 45.4. The highest BCUT2D eigenvalue weighted by atomic mass is 15.1. The number of para-hydroxylation sites is 2. The first-order valence-corrected chi connectivity index (χ1v) is 27.8. The van der Waals surface area contributed by atoms with E-state index in [0.717, 1.165) is 22.7 Å². The van der Waals surface area contributed by atoms with E-state index < -0.39 is 5.41 Å². The fourth-order valence-corrected chi connectivity index (χ4v) is 14.0. The van der Waals surface area contributed by atoms with Crippen LogP contribution in [0.15, 0.2) is 243 Å². The van der Waals surface area contributed by atoms with Crippen LogP contribution >= 0.6 is 0 Å². The lowest BCUT2D eigenvalue weighted by molar-refractivity contribution is 0.443. The van der Waals surface area contributed by atoms with Crippen molar-refractivity contribution < 1.29 is 0 Å². The molecule has 364 valence electrons. The largest absolute Gasteiger partial charge is 0.310 e. The predicted octanol–water partition coefficient (Wildman–Crippen LogP) is 20.5. The zero-order valence-electron chi connectivity index (χ0n) is 42.7. The highest BCUT2D eigenvalue weighted by molar-refractivity contribution is 6.21. The molecule has 0 unspecified atom stereocenters. The Bertz CT molecular complexity index is 3780. The van der Waals surface area contributed by atoms with Gasteiger partial charge in [-0.2, -0.15) is 0 Å². The molecule has 2 fully saturated rings. The lowest BCUT2D eigenvalue weighted by Gasteiger charge is -2.36. The molecular weight excluding hydrogens is 905 g/mol. The van der Waals surface area contributed by atoms with Crippen LogP contribution in [0.2, 0.25) is 0 Å². The summed E-state index contributed by atoms with van der Waals surface area (Å²) < 4.78 is 0. The Morgan fingerprint density at radius 1 is 0.293 bits per heavy atom. The van der Waals surface area contributed by atoms with Crippen molar-refractivity contribution in [1.82, 2.24) is 0 Å². The fourth-order valence-electron chi connectivity index (χ4n) is 14.0. The Labute approximate surface area is 442 Å². The molecule has 11 aromatic carbocycles. The zero-order chi connectivity index (χ0) is 49.7. The molecule has 0 radical (unpaired) electrons. The van der Waals surface area contributed by atoms with Gasteiger partial charge in [0.15, 0.2) is 0 Å². The van der Waals surface area contributed by atoms with Gasteiger partial charge in [0.05, 0.1) is 5.41 Å². The minimum Gasteiger partial charge on any atom is -0.310 e. The summed E-state index contributed by atoms with van der Waals surface area (Å²) in [7, 11) is 0. The molecule has 0 atom stereocenters. The highest BCUT2D eigenvalue weighted by Crippen LogP contribution is 2.62. The van der Waals surface area contributed by atoms with Crippen molar-refractivity contribution in [2.75, 3.05) is 9.80 Å². The van der Waals surface area contributed by atoms with Gasteiger partial charge in [0.2, 0.25) is 0 Å². The first-order valence-electron chi connectivity index (χ1n) is 27.8. The number of nitrogens with zero attached hydrogens (tertiary/aromatic N) is 2. The molecular formula is C73H62N2. The minimum atomic E-state index is -0.653. The number of fused-ring (bicyclic) bond motifs is 10. The summed E-state index contributed by atoms with van der Waals surface area (Å²) in [4.78, 5) is 4.90. The SMILES string of the molecule is c1ccc(N(c2ccc(C3CCCCC3)cc2)c2ccc3c4c(ccc3c2)-c2c(c3ccc(N(c5ccccc5)c5ccc(C6CCCCC6)cc5)cc3c3ccccc23)C4(c2ccccc2)c2ccccc2)cc1. The van der Waals surface area contributed by atoms with Crippen LogP contribution in [0.5, 0.6) is 0 Å². The smallest absolute Gasteiger partial charge is 0.0725 e. The van der Waals surface area contributed by atoms with Crippen LogP contribution in [-0.4, -0.2) is 0 Å². The lowest BCUT2D eigenvalue weighted by atomic mass is 9.65. The van der Waals surface area contributed by atoms with E-state index in [1.54, 1.807) is 0 Å². The van der Waals surface area contributed by atoms with E-state index in [0.29, 0.717) is 11.8 Å². The van der Waals surface area contributed by atoms with Crippen molar-refractivity contribution in [2.24, 2.45) is 0 Å². The van der Waals surface area contributed by atoms with Crippen LogP contribution < -0.4 is 9.80 Å². The number of hydrogen-bond acceptors (Lipinski definition) is 2. The summed E-state index contributed by atoms with van der Waals surface area (Å²) >= 11 is 0. The first-order chi connectivity index (χ1) is 37.2. The Hall–Kier alpha value is -8.20. The topological polar surface area (TPSA) is 6.48 Å². The molecule has 0 spiro atoms. The number of hydrogen-bond donors (Lipinski definition) is 0. The Morgan fingerprint density at radius 2 is 0.720 bits per heavy atom. The van der Waals surface area contributed by atoms with E-state index >= 15 is 0 Å². The maximum Gasteiger partial charge on any atom is 0.0725 e. The number of anilines is 6. The van der Waals surface area contributed by atoms with Crippen LogP contribution in [0.4, 0.5) is 34.1 Å². The van der Waals surface area contributed by atoms with E-state index in [1.165, 1.54) is 152 Å². The monoisotopic (exact) mass is 966 g/mol. The van der Waals surface area contributed by atoms with E-state index in [9.17, 15) is 0 Å². The summed E-state index contributed by atoms with van der Waals surface area (Å²) in [6.45, 7) is 0. The molecule has 2 saturated carbocycles. The second-order valence-corrected chi connectivity index (χ2v) is 21.6. The van der Waals surface area contributed by atoms with Crippen molar-refractivity contribution in [2.45, 2.75) is 81.5 Å². The second-order valence-electron chi connectivity index (χ2n) is 21.6. The number of rotatable bonds is 10. The van der Waals surface area contributed by atoms with Crippen LogP contribution in [0.25, 0.3) is 43.4 Å². The summed E-state index contributed by atoms with van der Waals surface area (Å²) in [5, 5.41) is 7.55. The van der Waals surface area contributed by atoms with Crippen molar-refractivity contribution in [3.63, 3.8) is 0 Å². The normalized spacial score (nSPS) is 15.5. The summed E-state index contributed by atoms with van der Waals surface area (Å²) in [6, 6.07) is 92.2. The van der Waals surface area contributed by atoms with Crippen LogP contribution in [0.1, 0.15) is 109 Å². The molecule has 3 aliphatic carbocycles. The molecule has 2 heteroatoms. The van der Waals surface area contributed by atoms with Gasteiger partial charge in [0, 0.05) is 34.1 Å². The lowest BCUT2D eigenvalue weighted by Crippen LogP contribution is -2.29. The second kappa shape index (κ2) is 19.3. The van der Waals surface area contributed by atoms with Gasteiger partial charge >= 0.3 is 0 Å². The van der Waals surface area contributed by atoms with E-state index in [4.69, 9.17) is 0 Å².